The molecule has 1 aliphatic heterocycles. The Morgan fingerprint density at radius 2 is 1.71 bits per heavy atom. The molecule has 1 aromatic heterocycles. The van der Waals surface area contributed by atoms with Crippen molar-refractivity contribution < 1.29 is 18.9 Å². The Bertz CT molecular complexity index is 1320. The van der Waals surface area contributed by atoms with E-state index in [2.05, 4.69) is 9.95 Å². The molecule has 0 spiro atoms. The normalized spacial score (nSPS) is 15.8. The Labute approximate surface area is 209 Å². The highest BCUT2D eigenvalue weighted by atomic mass is 32.1. The summed E-state index contributed by atoms with van der Waals surface area (Å²) in [6, 6.07) is 23.5. The van der Waals surface area contributed by atoms with Crippen molar-refractivity contribution in [2.75, 3.05) is 20.8 Å². The molecule has 180 valence electrons. The molecular weight excluding hydrogens is 460 g/mol. The molecule has 1 atom stereocenters. The second-order valence-corrected chi connectivity index (χ2v) is 9.07. The fourth-order valence-electron chi connectivity index (χ4n) is 4.14. The first kappa shape index (κ1) is 23.2. The minimum absolute atomic E-state index is 0.174. The van der Waals surface area contributed by atoms with Gasteiger partial charge in [-0.25, -0.2) is 4.99 Å². The minimum atomic E-state index is 0.174. The molecule has 0 radical (unpaired) electrons. The van der Waals surface area contributed by atoms with Gasteiger partial charge < -0.3 is 23.5 Å². The van der Waals surface area contributed by atoms with E-state index in [-0.39, 0.29) is 6.10 Å². The largest absolute Gasteiger partial charge is 0.497 e. The Morgan fingerprint density at radius 3 is 2.43 bits per heavy atom. The zero-order valence-corrected chi connectivity index (χ0v) is 20.7. The molecule has 1 unspecified atom stereocenters. The van der Waals surface area contributed by atoms with Gasteiger partial charge in [0.15, 0.2) is 4.80 Å². The van der Waals surface area contributed by atoms with E-state index in [1.165, 1.54) is 0 Å². The van der Waals surface area contributed by atoms with Gasteiger partial charge in [0, 0.05) is 23.6 Å². The van der Waals surface area contributed by atoms with Crippen LogP contribution in [0.5, 0.6) is 23.0 Å². The van der Waals surface area contributed by atoms with Gasteiger partial charge in [-0.1, -0.05) is 18.2 Å². The number of hydrogen-bond acceptors (Lipinski definition) is 6. The zero-order valence-electron chi connectivity index (χ0n) is 19.8. The number of thiazole rings is 1. The predicted octanol–water partition coefficient (Wildman–Crippen LogP) is 6.44. The lowest BCUT2D eigenvalue weighted by Crippen LogP contribution is -2.24. The van der Waals surface area contributed by atoms with Crippen LogP contribution in [0.15, 0.2) is 83.2 Å². The minimum Gasteiger partial charge on any atom is -0.497 e. The summed E-state index contributed by atoms with van der Waals surface area (Å²) in [5.74, 6) is 3.10. The molecular formula is C28H28N2O4S. The first-order valence-electron chi connectivity index (χ1n) is 11.6. The molecule has 7 heteroatoms. The van der Waals surface area contributed by atoms with Gasteiger partial charge in [0.25, 0.3) is 0 Å². The molecule has 0 aliphatic carbocycles. The SMILES string of the molecule is COc1ccc(-c2csc(=Nc3ccc(Oc4ccccc4)cc3)n2CC2CCCO2)c(OC)c1. The monoisotopic (exact) mass is 488 g/mol. The third kappa shape index (κ3) is 5.42. The number of ether oxygens (including phenoxy) is 4. The van der Waals surface area contributed by atoms with Crippen molar-refractivity contribution in [3.05, 3.63) is 83.0 Å². The van der Waals surface area contributed by atoms with E-state index < -0.39 is 0 Å². The third-order valence-corrected chi connectivity index (χ3v) is 6.80. The molecule has 2 heterocycles. The summed E-state index contributed by atoms with van der Waals surface area (Å²) < 4.78 is 25.2. The Balaban J connectivity index is 1.49. The van der Waals surface area contributed by atoms with E-state index in [0.29, 0.717) is 0 Å². The Hall–Kier alpha value is -3.55. The predicted molar refractivity (Wildman–Crippen MR) is 138 cm³/mol. The maximum Gasteiger partial charge on any atom is 0.190 e. The highest BCUT2D eigenvalue weighted by Gasteiger charge is 2.20. The van der Waals surface area contributed by atoms with Crippen LogP contribution in [0.1, 0.15) is 12.8 Å². The summed E-state index contributed by atoms with van der Waals surface area (Å²) >= 11 is 1.61. The standard InChI is InChI=1S/C28H28N2O4S/c1-31-23-14-15-25(27(17-23)32-2)26-19-35-28(30(26)18-24-9-6-16-33-24)29-20-10-12-22(13-11-20)34-21-7-4-3-5-8-21/h3-5,7-8,10-15,17,19,24H,6,9,16,18H2,1-2H3. The number of rotatable bonds is 8. The number of methoxy groups -OCH3 is 2. The molecule has 35 heavy (non-hydrogen) atoms. The average molecular weight is 489 g/mol. The van der Waals surface area contributed by atoms with Crippen LogP contribution in [0.2, 0.25) is 0 Å². The van der Waals surface area contributed by atoms with Gasteiger partial charge in [-0.2, -0.15) is 0 Å². The maximum atomic E-state index is 5.96. The molecule has 3 aromatic carbocycles. The summed E-state index contributed by atoms with van der Waals surface area (Å²) in [6.45, 7) is 1.55. The van der Waals surface area contributed by atoms with Crippen molar-refractivity contribution >= 4 is 17.0 Å². The lowest BCUT2D eigenvalue weighted by atomic mass is 10.1. The number of para-hydroxylation sites is 1. The second kappa shape index (κ2) is 10.8. The van der Waals surface area contributed by atoms with Gasteiger partial charge in [0.2, 0.25) is 0 Å². The number of nitrogens with zero attached hydrogens (tertiary/aromatic N) is 2. The number of hydrogen-bond donors (Lipinski definition) is 0. The van der Waals surface area contributed by atoms with E-state index in [1.54, 1.807) is 25.6 Å². The van der Waals surface area contributed by atoms with Crippen LogP contribution in [0, 0.1) is 0 Å². The van der Waals surface area contributed by atoms with E-state index in [1.807, 2.05) is 72.8 Å². The van der Waals surface area contributed by atoms with Gasteiger partial charge in [0.1, 0.15) is 23.0 Å². The molecule has 0 bridgehead atoms. The summed E-state index contributed by atoms with van der Waals surface area (Å²) in [6.07, 6.45) is 2.31. The smallest absolute Gasteiger partial charge is 0.190 e. The molecule has 6 nitrogen and oxygen atoms in total. The van der Waals surface area contributed by atoms with Crippen molar-refractivity contribution in [2.45, 2.75) is 25.5 Å². The van der Waals surface area contributed by atoms with Crippen LogP contribution in [0.25, 0.3) is 11.3 Å². The first-order valence-corrected chi connectivity index (χ1v) is 12.5. The third-order valence-electron chi connectivity index (χ3n) is 5.93. The van der Waals surface area contributed by atoms with Crippen LogP contribution in [0.3, 0.4) is 0 Å². The summed E-state index contributed by atoms with van der Waals surface area (Å²) in [7, 11) is 3.34. The van der Waals surface area contributed by atoms with Gasteiger partial charge >= 0.3 is 0 Å². The topological polar surface area (TPSA) is 54.2 Å². The molecule has 0 saturated carbocycles. The van der Waals surface area contributed by atoms with Crippen LogP contribution in [0.4, 0.5) is 5.69 Å². The van der Waals surface area contributed by atoms with E-state index in [0.717, 1.165) is 70.7 Å². The Morgan fingerprint density at radius 1 is 0.943 bits per heavy atom. The van der Waals surface area contributed by atoms with Crippen LogP contribution in [-0.2, 0) is 11.3 Å². The van der Waals surface area contributed by atoms with Gasteiger partial charge in [-0.05, 0) is 61.4 Å². The first-order chi connectivity index (χ1) is 17.2. The van der Waals surface area contributed by atoms with E-state index >= 15 is 0 Å². The maximum absolute atomic E-state index is 5.96. The van der Waals surface area contributed by atoms with Crippen LogP contribution < -0.4 is 19.0 Å². The van der Waals surface area contributed by atoms with Crippen molar-refractivity contribution in [3.8, 4) is 34.3 Å². The Kier molecular flexibility index (Phi) is 7.16. The van der Waals surface area contributed by atoms with E-state index in [9.17, 15) is 0 Å². The zero-order chi connectivity index (χ0) is 24.0. The summed E-state index contributed by atoms with van der Waals surface area (Å²) in [4.78, 5) is 5.88. The molecule has 1 aliphatic rings. The highest BCUT2D eigenvalue weighted by molar-refractivity contribution is 7.07. The van der Waals surface area contributed by atoms with Crippen LogP contribution in [-0.4, -0.2) is 31.5 Å². The van der Waals surface area contributed by atoms with Crippen molar-refractivity contribution in [3.63, 3.8) is 0 Å². The van der Waals surface area contributed by atoms with Crippen molar-refractivity contribution in [1.82, 2.24) is 4.57 Å². The highest BCUT2D eigenvalue weighted by Crippen LogP contribution is 2.34. The lowest BCUT2D eigenvalue weighted by Gasteiger charge is -2.16. The average Bonchev–Trinajstić information content (AvgIpc) is 3.56. The summed E-state index contributed by atoms with van der Waals surface area (Å²) in [5, 5.41) is 2.13. The molecule has 1 fully saturated rings. The molecule has 4 aromatic rings. The van der Waals surface area contributed by atoms with Gasteiger partial charge in [0.05, 0.1) is 38.2 Å². The van der Waals surface area contributed by atoms with E-state index in [4.69, 9.17) is 23.9 Å². The van der Waals surface area contributed by atoms with Crippen LogP contribution >= 0.6 is 11.3 Å². The molecule has 0 N–H and O–H groups in total. The quantitative estimate of drug-likeness (QED) is 0.286. The fraction of sp³-hybridized carbons (Fsp3) is 0.250. The number of aromatic nitrogens is 1. The van der Waals surface area contributed by atoms with Crippen molar-refractivity contribution in [1.29, 1.82) is 0 Å². The van der Waals surface area contributed by atoms with Gasteiger partial charge in [-0.15, -0.1) is 11.3 Å². The fourth-order valence-corrected chi connectivity index (χ4v) is 5.07. The summed E-state index contributed by atoms with van der Waals surface area (Å²) in [5.41, 5.74) is 2.91. The molecule has 5 rings (SSSR count). The second-order valence-electron chi connectivity index (χ2n) is 8.24. The van der Waals surface area contributed by atoms with Crippen molar-refractivity contribution in [2.24, 2.45) is 4.99 Å². The molecule has 1 saturated heterocycles. The lowest BCUT2D eigenvalue weighted by molar-refractivity contribution is 0.0968. The number of benzene rings is 3. The molecule has 0 amide bonds. The van der Waals surface area contributed by atoms with Gasteiger partial charge in [-0.3, -0.25) is 0 Å².